The van der Waals surface area contributed by atoms with Crippen molar-refractivity contribution in [3.63, 3.8) is 0 Å². The standard InChI is InChI=1S/C7H11F3N2O3/c1-4(6(14)15)12-5(13)2-11-3-7(8,9)10/h4,11H,2-3H2,1H3,(H,12,13)(H,14,15)/t4-/m1/s1. The van der Waals surface area contributed by atoms with E-state index in [4.69, 9.17) is 5.11 Å². The summed E-state index contributed by atoms with van der Waals surface area (Å²) in [5, 5.41) is 12.2. The Bertz CT molecular complexity index is 242. The molecule has 0 saturated carbocycles. The molecule has 0 radical (unpaired) electrons. The summed E-state index contributed by atoms with van der Waals surface area (Å²) in [6, 6.07) is -1.12. The second-order valence-electron chi connectivity index (χ2n) is 2.85. The van der Waals surface area contributed by atoms with Crippen LogP contribution < -0.4 is 10.6 Å². The Morgan fingerprint density at radius 2 is 1.93 bits per heavy atom. The highest BCUT2D eigenvalue weighted by Gasteiger charge is 2.26. The van der Waals surface area contributed by atoms with Crippen LogP contribution in [0, 0.1) is 0 Å². The van der Waals surface area contributed by atoms with E-state index in [0.29, 0.717) is 0 Å². The normalized spacial score (nSPS) is 13.3. The van der Waals surface area contributed by atoms with E-state index < -0.39 is 37.2 Å². The number of carboxylic acids is 1. The van der Waals surface area contributed by atoms with Crippen LogP contribution in [0.5, 0.6) is 0 Å². The number of nitrogens with one attached hydrogen (secondary N) is 2. The topological polar surface area (TPSA) is 78.4 Å². The third kappa shape index (κ3) is 7.74. The van der Waals surface area contributed by atoms with E-state index in [1.54, 1.807) is 0 Å². The van der Waals surface area contributed by atoms with Crippen molar-refractivity contribution in [1.29, 1.82) is 0 Å². The van der Waals surface area contributed by atoms with Crippen molar-refractivity contribution >= 4 is 11.9 Å². The van der Waals surface area contributed by atoms with Crippen LogP contribution in [0.2, 0.25) is 0 Å². The highest BCUT2D eigenvalue weighted by molar-refractivity contribution is 5.84. The van der Waals surface area contributed by atoms with Gasteiger partial charge in [-0.2, -0.15) is 13.2 Å². The van der Waals surface area contributed by atoms with Gasteiger partial charge >= 0.3 is 12.1 Å². The summed E-state index contributed by atoms with van der Waals surface area (Å²) in [6.45, 7) is -0.650. The zero-order valence-electron chi connectivity index (χ0n) is 7.89. The van der Waals surface area contributed by atoms with Gasteiger partial charge in [-0.3, -0.25) is 9.59 Å². The minimum absolute atomic E-state index is 0.572. The van der Waals surface area contributed by atoms with Gasteiger partial charge in [0.25, 0.3) is 0 Å². The second kappa shape index (κ2) is 5.54. The SMILES string of the molecule is C[C@@H](NC(=O)CNCC(F)(F)F)C(=O)O. The molecule has 0 saturated heterocycles. The number of halogens is 3. The fraction of sp³-hybridized carbons (Fsp3) is 0.714. The summed E-state index contributed by atoms with van der Waals surface area (Å²) in [5.41, 5.74) is 0. The Labute approximate surface area is 83.6 Å². The number of aliphatic carboxylic acids is 1. The van der Waals surface area contributed by atoms with Crippen LogP contribution in [-0.4, -0.2) is 42.3 Å². The van der Waals surface area contributed by atoms with Gasteiger partial charge in [-0.05, 0) is 6.92 Å². The molecule has 0 heterocycles. The van der Waals surface area contributed by atoms with E-state index in [1.807, 2.05) is 10.6 Å². The number of carboxylic acid groups (broad SMARTS) is 1. The largest absolute Gasteiger partial charge is 0.480 e. The maximum atomic E-state index is 11.6. The van der Waals surface area contributed by atoms with Gasteiger partial charge in [0.05, 0.1) is 13.1 Å². The number of hydrogen-bond donors (Lipinski definition) is 3. The first kappa shape index (κ1) is 13.7. The molecule has 0 aromatic rings. The van der Waals surface area contributed by atoms with Crippen molar-refractivity contribution in [3.8, 4) is 0 Å². The quantitative estimate of drug-likeness (QED) is 0.605. The van der Waals surface area contributed by atoms with Gasteiger partial charge in [-0.15, -0.1) is 0 Å². The molecule has 0 aliphatic heterocycles. The van der Waals surface area contributed by atoms with Crippen LogP contribution in [-0.2, 0) is 9.59 Å². The summed E-state index contributed by atoms with van der Waals surface area (Å²) < 4.78 is 34.8. The molecule has 0 aromatic heterocycles. The summed E-state index contributed by atoms with van der Waals surface area (Å²) >= 11 is 0. The van der Waals surface area contributed by atoms with Gasteiger partial charge in [0.1, 0.15) is 6.04 Å². The van der Waals surface area contributed by atoms with Gasteiger partial charge in [0.2, 0.25) is 5.91 Å². The Kier molecular flexibility index (Phi) is 5.06. The predicted molar refractivity (Wildman–Crippen MR) is 44.2 cm³/mol. The highest BCUT2D eigenvalue weighted by atomic mass is 19.4. The number of carbonyl (C=O) groups excluding carboxylic acids is 1. The molecule has 0 aliphatic carbocycles. The molecule has 15 heavy (non-hydrogen) atoms. The van der Waals surface area contributed by atoms with Gasteiger partial charge in [0, 0.05) is 0 Å². The van der Waals surface area contributed by atoms with Crippen molar-refractivity contribution in [1.82, 2.24) is 10.6 Å². The minimum atomic E-state index is -4.39. The Morgan fingerprint density at radius 3 is 2.33 bits per heavy atom. The van der Waals surface area contributed by atoms with Crippen LogP contribution in [0.15, 0.2) is 0 Å². The van der Waals surface area contributed by atoms with Crippen LogP contribution in [0.1, 0.15) is 6.92 Å². The van der Waals surface area contributed by atoms with Gasteiger partial charge in [-0.25, -0.2) is 0 Å². The van der Waals surface area contributed by atoms with E-state index in [0.717, 1.165) is 0 Å². The predicted octanol–water partition coefficient (Wildman–Crippen LogP) is -0.272. The fourth-order valence-corrected chi connectivity index (χ4v) is 0.672. The summed E-state index contributed by atoms with van der Waals surface area (Å²) in [5.74, 6) is -2.05. The van der Waals surface area contributed by atoms with Crippen molar-refractivity contribution < 1.29 is 27.9 Å². The first-order valence-corrected chi connectivity index (χ1v) is 4.02. The molecule has 0 rings (SSSR count). The van der Waals surface area contributed by atoms with Gasteiger partial charge in [-0.1, -0.05) is 0 Å². The molecule has 88 valence electrons. The molecule has 5 nitrogen and oxygen atoms in total. The highest BCUT2D eigenvalue weighted by Crippen LogP contribution is 2.11. The molecule has 0 aliphatic rings. The van der Waals surface area contributed by atoms with E-state index in [-0.39, 0.29) is 0 Å². The Hall–Kier alpha value is -1.31. The molecule has 1 amide bonds. The lowest BCUT2D eigenvalue weighted by Gasteiger charge is -2.10. The smallest absolute Gasteiger partial charge is 0.401 e. The van der Waals surface area contributed by atoms with Gasteiger partial charge < -0.3 is 15.7 Å². The average molecular weight is 228 g/mol. The number of amides is 1. The lowest BCUT2D eigenvalue weighted by molar-refractivity contribution is -0.141. The monoisotopic (exact) mass is 228 g/mol. The summed E-state index contributed by atoms with van der Waals surface area (Å²) in [7, 11) is 0. The maximum absolute atomic E-state index is 11.6. The van der Waals surface area contributed by atoms with E-state index in [1.165, 1.54) is 6.92 Å². The molecular weight excluding hydrogens is 217 g/mol. The molecule has 0 aromatic carbocycles. The summed E-state index contributed by atoms with van der Waals surface area (Å²) in [6.07, 6.45) is -4.39. The van der Waals surface area contributed by atoms with Crippen LogP contribution in [0.4, 0.5) is 13.2 Å². The molecule has 3 N–H and O–H groups in total. The Morgan fingerprint density at radius 1 is 1.40 bits per heavy atom. The zero-order chi connectivity index (χ0) is 12.1. The molecule has 0 fully saturated rings. The van der Waals surface area contributed by atoms with Crippen LogP contribution >= 0.6 is 0 Å². The Balaban J connectivity index is 3.72. The first-order valence-electron chi connectivity index (χ1n) is 4.02. The average Bonchev–Trinajstić information content (AvgIpc) is 2.01. The van der Waals surface area contributed by atoms with Gasteiger partial charge in [0.15, 0.2) is 0 Å². The number of alkyl halides is 3. The van der Waals surface area contributed by atoms with Crippen LogP contribution in [0.25, 0.3) is 0 Å². The lowest BCUT2D eigenvalue weighted by Crippen LogP contribution is -2.44. The second-order valence-corrected chi connectivity index (χ2v) is 2.85. The third-order valence-electron chi connectivity index (χ3n) is 1.36. The first-order chi connectivity index (χ1) is 6.72. The van der Waals surface area contributed by atoms with Crippen molar-refractivity contribution in [3.05, 3.63) is 0 Å². The van der Waals surface area contributed by atoms with Crippen LogP contribution in [0.3, 0.4) is 0 Å². The number of hydrogen-bond acceptors (Lipinski definition) is 3. The molecular formula is C7H11F3N2O3. The molecule has 1 atom stereocenters. The molecule has 0 spiro atoms. The molecule has 8 heteroatoms. The lowest BCUT2D eigenvalue weighted by atomic mass is 10.3. The van der Waals surface area contributed by atoms with Crippen molar-refractivity contribution in [2.45, 2.75) is 19.1 Å². The minimum Gasteiger partial charge on any atom is -0.480 e. The third-order valence-corrected chi connectivity index (χ3v) is 1.36. The number of rotatable bonds is 5. The summed E-state index contributed by atoms with van der Waals surface area (Å²) in [4.78, 5) is 21.1. The molecule has 0 unspecified atom stereocenters. The van der Waals surface area contributed by atoms with E-state index in [2.05, 4.69) is 0 Å². The number of carbonyl (C=O) groups is 2. The fourth-order valence-electron chi connectivity index (χ4n) is 0.672. The maximum Gasteiger partial charge on any atom is 0.401 e. The van der Waals surface area contributed by atoms with E-state index >= 15 is 0 Å². The van der Waals surface area contributed by atoms with E-state index in [9.17, 15) is 22.8 Å². The zero-order valence-corrected chi connectivity index (χ0v) is 7.89. The van der Waals surface area contributed by atoms with Crippen molar-refractivity contribution in [2.24, 2.45) is 0 Å². The molecule has 0 bridgehead atoms. The van der Waals surface area contributed by atoms with Crippen molar-refractivity contribution in [2.75, 3.05) is 13.1 Å².